The molecule has 1 rings (SSSR count). The number of carbonyl (C=O) groups is 2. The summed E-state index contributed by atoms with van der Waals surface area (Å²) in [4.78, 5) is 22.3. The molecule has 0 aromatic heterocycles. The van der Waals surface area contributed by atoms with Gasteiger partial charge in [-0.15, -0.1) is 0 Å². The number of carboxylic acid groups (broad SMARTS) is 1. The summed E-state index contributed by atoms with van der Waals surface area (Å²) in [5.74, 6) is -1.36. The van der Waals surface area contributed by atoms with Crippen molar-refractivity contribution >= 4 is 12.0 Å². The monoisotopic (exact) mass is 256 g/mol. The fourth-order valence-electron chi connectivity index (χ4n) is 1.76. The smallest absolute Gasteiger partial charge is 0.315 e. The Morgan fingerprint density at radius 3 is 2.78 bits per heavy atom. The first-order chi connectivity index (χ1) is 8.52. The van der Waals surface area contributed by atoms with Crippen LogP contribution in [0.2, 0.25) is 0 Å². The Morgan fingerprint density at radius 1 is 1.50 bits per heavy atom. The van der Waals surface area contributed by atoms with Crippen LogP contribution in [0.25, 0.3) is 0 Å². The average molecular weight is 256 g/mol. The molecule has 0 saturated heterocycles. The number of hydrogen-bond donors (Lipinski definition) is 3. The number of amides is 2. The molecule has 6 heteroatoms. The molecule has 3 unspecified atom stereocenters. The van der Waals surface area contributed by atoms with Crippen LogP contribution >= 0.6 is 0 Å². The molecule has 3 atom stereocenters. The summed E-state index contributed by atoms with van der Waals surface area (Å²) < 4.78 is 5.18. The zero-order valence-corrected chi connectivity index (χ0v) is 10.7. The van der Waals surface area contributed by atoms with Gasteiger partial charge in [-0.05, 0) is 20.3 Å². The van der Waals surface area contributed by atoms with E-state index in [1.165, 1.54) is 0 Å². The van der Waals surface area contributed by atoms with E-state index in [0.29, 0.717) is 19.6 Å². The maximum absolute atomic E-state index is 11.6. The summed E-state index contributed by atoms with van der Waals surface area (Å²) in [5, 5.41) is 14.3. The molecule has 3 N–H and O–H groups in total. The highest BCUT2D eigenvalue weighted by molar-refractivity contribution is 5.76. The molecule has 102 valence electrons. The third-order valence-corrected chi connectivity index (χ3v) is 2.67. The SMILES string of the molecule is CCOCC(C)NC(=O)NC1C=CC(C(=O)O)C1. The molecule has 0 spiro atoms. The summed E-state index contributed by atoms with van der Waals surface area (Å²) in [7, 11) is 0. The van der Waals surface area contributed by atoms with Crippen molar-refractivity contribution in [3.8, 4) is 0 Å². The highest BCUT2D eigenvalue weighted by atomic mass is 16.5. The standard InChI is InChI=1S/C12H20N2O4/c1-3-18-7-8(2)13-12(17)14-10-5-4-9(6-10)11(15)16/h4-5,8-10H,3,6-7H2,1-2H3,(H,15,16)(H2,13,14,17). The fraction of sp³-hybridized carbons (Fsp3) is 0.667. The molecular formula is C12H20N2O4. The van der Waals surface area contributed by atoms with E-state index in [1.807, 2.05) is 13.8 Å². The topological polar surface area (TPSA) is 87.7 Å². The highest BCUT2D eigenvalue weighted by Gasteiger charge is 2.25. The van der Waals surface area contributed by atoms with E-state index in [1.54, 1.807) is 12.2 Å². The van der Waals surface area contributed by atoms with Gasteiger partial charge in [-0.1, -0.05) is 12.2 Å². The third-order valence-electron chi connectivity index (χ3n) is 2.67. The van der Waals surface area contributed by atoms with Crippen LogP contribution < -0.4 is 10.6 Å². The second-order valence-corrected chi connectivity index (χ2v) is 4.35. The first-order valence-corrected chi connectivity index (χ1v) is 6.08. The van der Waals surface area contributed by atoms with E-state index in [2.05, 4.69) is 10.6 Å². The molecule has 0 saturated carbocycles. The van der Waals surface area contributed by atoms with Gasteiger partial charge in [0.1, 0.15) is 0 Å². The largest absolute Gasteiger partial charge is 0.481 e. The number of carbonyl (C=O) groups excluding carboxylic acids is 1. The number of aliphatic carboxylic acids is 1. The third kappa shape index (κ3) is 4.75. The number of rotatable bonds is 6. The van der Waals surface area contributed by atoms with Crippen molar-refractivity contribution in [2.45, 2.75) is 32.4 Å². The second kappa shape index (κ2) is 7.00. The average Bonchev–Trinajstić information content (AvgIpc) is 2.74. The zero-order chi connectivity index (χ0) is 13.5. The molecule has 0 radical (unpaired) electrons. The van der Waals surface area contributed by atoms with Crippen molar-refractivity contribution in [3.63, 3.8) is 0 Å². The molecule has 0 bridgehead atoms. The summed E-state index contributed by atoms with van der Waals surface area (Å²) in [5.41, 5.74) is 0. The highest BCUT2D eigenvalue weighted by Crippen LogP contribution is 2.17. The van der Waals surface area contributed by atoms with Gasteiger partial charge in [0.25, 0.3) is 0 Å². The van der Waals surface area contributed by atoms with Crippen LogP contribution in [-0.4, -0.2) is 42.4 Å². The minimum Gasteiger partial charge on any atom is -0.481 e. The Hall–Kier alpha value is -1.56. The van der Waals surface area contributed by atoms with Crippen molar-refractivity contribution in [2.75, 3.05) is 13.2 Å². The van der Waals surface area contributed by atoms with E-state index in [-0.39, 0.29) is 18.1 Å². The van der Waals surface area contributed by atoms with E-state index in [0.717, 1.165) is 0 Å². The Labute approximate surface area is 106 Å². The van der Waals surface area contributed by atoms with Gasteiger partial charge in [-0.25, -0.2) is 4.79 Å². The van der Waals surface area contributed by atoms with Crippen molar-refractivity contribution < 1.29 is 19.4 Å². The van der Waals surface area contributed by atoms with Crippen LogP contribution in [0.5, 0.6) is 0 Å². The van der Waals surface area contributed by atoms with Crippen LogP contribution in [-0.2, 0) is 9.53 Å². The van der Waals surface area contributed by atoms with Crippen molar-refractivity contribution in [1.82, 2.24) is 10.6 Å². The molecule has 6 nitrogen and oxygen atoms in total. The van der Waals surface area contributed by atoms with Crippen molar-refractivity contribution in [2.24, 2.45) is 5.92 Å². The Balaban J connectivity index is 2.25. The lowest BCUT2D eigenvalue weighted by atomic mass is 10.1. The number of nitrogens with one attached hydrogen (secondary N) is 2. The molecule has 0 aliphatic heterocycles. The molecule has 0 heterocycles. The van der Waals surface area contributed by atoms with Gasteiger partial charge in [0.2, 0.25) is 0 Å². The van der Waals surface area contributed by atoms with Crippen LogP contribution in [0.15, 0.2) is 12.2 Å². The van der Waals surface area contributed by atoms with Crippen molar-refractivity contribution in [1.29, 1.82) is 0 Å². The van der Waals surface area contributed by atoms with Gasteiger partial charge in [-0.2, -0.15) is 0 Å². The number of ether oxygens (including phenoxy) is 1. The predicted molar refractivity (Wildman–Crippen MR) is 66.3 cm³/mol. The first-order valence-electron chi connectivity index (χ1n) is 6.08. The molecule has 1 aliphatic rings. The maximum atomic E-state index is 11.6. The molecule has 0 aromatic rings. The molecule has 1 aliphatic carbocycles. The van der Waals surface area contributed by atoms with E-state index < -0.39 is 11.9 Å². The first kappa shape index (κ1) is 14.5. The lowest BCUT2D eigenvalue weighted by molar-refractivity contribution is -0.140. The number of hydrogen-bond acceptors (Lipinski definition) is 3. The minimum atomic E-state index is -0.860. The van der Waals surface area contributed by atoms with E-state index >= 15 is 0 Å². The molecular weight excluding hydrogens is 236 g/mol. The van der Waals surface area contributed by atoms with Gasteiger partial charge >= 0.3 is 12.0 Å². The fourth-order valence-corrected chi connectivity index (χ4v) is 1.76. The summed E-state index contributed by atoms with van der Waals surface area (Å²) in [6.07, 6.45) is 3.73. The normalized spacial score (nSPS) is 23.7. The van der Waals surface area contributed by atoms with Gasteiger partial charge in [0.15, 0.2) is 0 Å². The lowest BCUT2D eigenvalue weighted by Crippen LogP contribution is -2.46. The zero-order valence-electron chi connectivity index (χ0n) is 10.7. The molecule has 18 heavy (non-hydrogen) atoms. The summed E-state index contributed by atoms with van der Waals surface area (Å²) >= 11 is 0. The van der Waals surface area contributed by atoms with Crippen molar-refractivity contribution in [3.05, 3.63) is 12.2 Å². The minimum absolute atomic E-state index is 0.0781. The summed E-state index contributed by atoms with van der Waals surface area (Å²) in [6.45, 7) is 4.81. The van der Waals surface area contributed by atoms with Crippen LogP contribution in [0.1, 0.15) is 20.3 Å². The molecule has 0 fully saturated rings. The van der Waals surface area contributed by atoms with Gasteiger partial charge in [0.05, 0.1) is 24.6 Å². The van der Waals surface area contributed by atoms with E-state index in [9.17, 15) is 9.59 Å². The Bertz CT molecular complexity index is 330. The number of carboxylic acids is 1. The number of urea groups is 1. The van der Waals surface area contributed by atoms with Crippen LogP contribution in [0, 0.1) is 5.92 Å². The summed E-state index contributed by atoms with van der Waals surface area (Å²) in [6, 6.07) is -0.598. The van der Waals surface area contributed by atoms with E-state index in [4.69, 9.17) is 9.84 Å². The Morgan fingerprint density at radius 2 is 2.22 bits per heavy atom. The second-order valence-electron chi connectivity index (χ2n) is 4.35. The lowest BCUT2D eigenvalue weighted by Gasteiger charge is -2.17. The van der Waals surface area contributed by atoms with Gasteiger partial charge < -0.3 is 20.5 Å². The predicted octanol–water partition coefficient (Wildman–Crippen LogP) is 0.740. The van der Waals surface area contributed by atoms with Gasteiger partial charge in [-0.3, -0.25) is 4.79 Å². The van der Waals surface area contributed by atoms with Crippen LogP contribution in [0.3, 0.4) is 0 Å². The molecule has 2 amide bonds. The Kier molecular flexibility index (Phi) is 5.64. The van der Waals surface area contributed by atoms with Gasteiger partial charge in [0, 0.05) is 6.61 Å². The maximum Gasteiger partial charge on any atom is 0.315 e. The molecule has 0 aromatic carbocycles. The quantitative estimate of drug-likeness (QED) is 0.612. The van der Waals surface area contributed by atoms with Crippen LogP contribution in [0.4, 0.5) is 4.79 Å².